The summed E-state index contributed by atoms with van der Waals surface area (Å²) >= 11 is 12.2. The Kier molecular flexibility index (Phi) is 3.11. The lowest BCUT2D eigenvalue weighted by Crippen LogP contribution is -2.04. The Labute approximate surface area is 121 Å². The second kappa shape index (κ2) is 4.66. The zero-order valence-corrected chi connectivity index (χ0v) is 12.0. The van der Waals surface area contributed by atoms with Gasteiger partial charge in [0.2, 0.25) is 0 Å². The summed E-state index contributed by atoms with van der Waals surface area (Å²) in [6.07, 6.45) is 2.27. The average Bonchev–Trinajstić information content (AvgIpc) is 3.17. The van der Waals surface area contributed by atoms with E-state index in [-0.39, 0.29) is 0 Å². The molecule has 2 aromatic rings. The van der Waals surface area contributed by atoms with Gasteiger partial charge in [-0.25, -0.2) is 9.97 Å². The molecule has 3 nitrogen and oxygen atoms in total. The first-order valence-electron chi connectivity index (χ1n) is 6.15. The molecule has 0 saturated heterocycles. The molecule has 1 aliphatic carbocycles. The molecule has 3 rings (SSSR count). The zero-order chi connectivity index (χ0) is 13.6. The molecule has 0 spiro atoms. The molecule has 0 bridgehead atoms. The van der Waals surface area contributed by atoms with Crippen LogP contribution in [-0.4, -0.2) is 9.97 Å². The molecule has 0 atom stereocenters. The van der Waals surface area contributed by atoms with E-state index >= 15 is 0 Å². The van der Waals surface area contributed by atoms with Gasteiger partial charge in [0.05, 0.1) is 10.7 Å². The van der Waals surface area contributed by atoms with Crippen molar-refractivity contribution in [1.29, 1.82) is 0 Å². The van der Waals surface area contributed by atoms with Crippen molar-refractivity contribution in [2.45, 2.75) is 25.7 Å². The van der Waals surface area contributed by atoms with Gasteiger partial charge in [-0.2, -0.15) is 0 Å². The molecular weight excluding hydrogens is 281 g/mol. The number of benzene rings is 1. The Morgan fingerprint density at radius 3 is 2.58 bits per heavy atom. The fourth-order valence-electron chi connectivity index (χ4n) is 2.02. The Morgan fingerprint density at radius 2 is 1.95 bits per heavy atom. The van der Waals surface area contributed by atoms with Crippen molar-refractivity contribution in [1.82, 2.24) is 9.97 Å². The molecule has 1 fully saturated rings. The second-order valence-corrected chi connectivity index (χ2v) is 5.68. The summed E-state index contributed by atoms with van der Waals surface area (Å²) in [6, 6.07) is 5.39. The minimum Gasteiger partial charge on any atom is -0.383 e. The quantitative estimate of drug-likeness (QED) is 0.902. The van der Waals surface area contributed by atoms with E-state index in [1.807, 2.05) is 13.0 Å². The van der Waals surface area contributed by atoms with Crippen LogP contribution in [0.15, 0.2) is 18.2 Å². The first kappa shape index (κ1) is 12.7. The standard InChI is InChI=1S/C14H13Cl2N3/c1-7-12(10-5-4-9(15)6-11(10)16)18-14(8-2-3-8)19-13(7)17/h4-6,8H,2-3H2,1H3,(H2,17,18,19). The molecule has 0 radical (unpaired) electrons. The summed E-state index contributed by atoms with van der Waals surface area (Å²) in [5.41, 5.74) is 8.49. The Bertz CT molecular complexity index is 651. The Morgan fingerprint density at radius 1 is 1.21 bits per heavy atom. The van der Waals surface area contributed by atoms with Gasteiger partial charge < -0.3 is 5.73 Å². The van der Waals surface area contributed by atoms with Crippen molar-refractivity contribution < 1.29 is 0 Å². The molecule has 98 valence electrons. The number of rotatable bonds is 2. The predicted molar refractivity (Wildman–Crippen MR) is 78.6 cm³/mol. The minimum absolute atomic E-state index is 0.452. The van der Waals surface area contributed by atoms with E-state index in [0.29, 0.717) is 21.8 Å². The molecule has 19 heavy (non-hydrogen) atoms. The Balaban J connectivity index is 2.17. The summed E-state index contributed by atoms with van der Waals surface area (Å²) in [4.78, 5) is 9.00. The van der Waals surface area contributed by atoms with E-state index in [1.165, 1.54) is 0 Å². The van der Waals surface area contributed by atoms with Gasteiger partial charge in [0.15, 0.2) is 0 Å². The SMILES string of the molecule is Cc1c(N)nc(C2CC2)nc1-c1ccc(Cl)cc1Cl. The van der Waals surface area contributed by atoms with Crippen LogP contribution in [0, 0.1) is 6.92 Å². The highest BCUT2D eigenvalue weighted by Gasteiger charge is 2.28. The number of nitrogens with two attached hydrogens (primary N) is 1. The molecule has 5 heteroatoms. The van der Waals surface area contributed by atoms with Crippen molar-refractivity contribution in [2.75, 3.05) is 5.73 Å². The van der Waals surface area contributed by atoms with Crippen LogP contribution in [0.5, 0.6) is 0 Å². The van der Waals surface area contributed by atoms with Crippen LogP contribution in [0.1, 0.15) is 30.1 Å². The van der Waals surface area contributed by atoms with Crippen LogP contribution in [0.3, 0.4) is 0 Å². The molecule has 1 saturated carbocycles. The zero-order valence-electron chi connectivity index (χ0n) is 10.5. The van der Waals surface area contributed by atoms with Crippen LogP contribution in [0.4, 0.5) is 5.82 Å². The maximum absolute atomic E-state index is 6.25. The van der Waals surface area contributed by atoms with Gasteiger partial charge in [-0.3, -0.25) is 0 Å². The van der Waals surface area contributed by atoms with Crippen molar-refractivity contribution in [3.8, 4) is 11.3 Å². The lowest BCUT2D eigenvalue weighted by atomic mass is 10.1. The lowest BCUT2D eigenvalue weighted by Gasteiger charge is -2.11. The normalized spacial score (nSPS) is 14.7. The van der Waals surface area contributed by atoms with Crippen LogP contribution >= 0.6 is 23.2 Å². The molecule has 1 heterocycles. The number of hydrogen-bond acceptors (Lipinski definition) is 3. The fourth-order valence-corrected chi connectivity index (χ4v) is 2.52. The first-order valence-corrected chi connectivity index (χ1v) is 6.91. The van der Waals surface area contributed by atoms with Gasteiger partial charge in [0.25, 0.3) is 0 Å². The molecule has 0 amide bonds. The van der Waals surface area contributed by atoms with Crippen molar-refractivity contribution in [3.05, 3.63) is 39.6 Å². The molecule has 1 aliphatic rings. The third kappa shape index (κ3) is 2.40. The van der Waals surface area contributed by atoms with E-state index in [9.17, 15) is 0 Å². The van der Waals surface area contributed by atoms with E-state index in [4.69, 9.17) is 28.9 Å². The molecular formula is C14H13Cl2N3. The molecule has 1 aromatic heterocycles. The van der Waals surface area contributed by atoms with Crippen LogP contribution in [0.2, 0.25) is 10.0 Å². The van der Waals surface area contributed by atoms with Gasteiger partial charge in [-0.15, -0.1) is 0 Å². The largest absolute Gasteiger partial charge is 0.383 e. The van der Waals surface area contributed by atoms with Crippen molar-refractivity contribution in [2.24, 2.45) is 0 Å². The highest BCUT2D eigenvalue weighted by Crippen LogP contribution is 2.40. The van der Waals surface area contributed by atoms with E-state index < -0.39 is 0 Å². The maximum Gasteiger partial charge on any atom is 0.134 e. The third-order valence-electron chi connectivity index (χ3n) is 3.33. The van der Waals surface area contributed by atoms with Crippen LogP contribution < -0.4 is 5.73 Å². The van der Waals surface area contributed by atoms with E-state index in [1.54, 1.807) is 12.1 Å². The van der Waals surface area contributed by atoms with Crippen molar-refractivity contribution in [3.63, 3.8) is 0 Å². The molecule has 2 N–H and O–H groups in total. The molecule has 1 aromatic carbocycles. The van der Waals surface area contributed by atoms with Crippen LogP contribution in [-0.2, 0) is 0 Å². The monoisotopic (exact) mass is 293 g/mol. The lowest BCUT2D eigenvalue weighted by molar-refractivity contribution is 0.928. The number of anilines is 1. The first-order chi connectivity index (χ1) is 9.06. The maximum atomic E-state index is 6.25. The summed E-state index contributed by atoms with van der Waals surface area (Å²) in [7, 11) is 0. The number of hydrogen-bond donors (Lipinski definition) is 1. The van der Waals surface area contributed by atoms with Crippen molar-refractivity contribution >= 4 is 29.0 Å². The topological polar surface area (TPSA) is 51.8 Å². The number of nitrogen functional groups attached to an aromatic ring is 1. The van der Waals surface area contributed by atoms with Crippen LogP contribution in [0.25, 0.3) is 11.3 Å². The summed E-state index contributed by atoms with van der Waals surface area (Å²) in [6.45, 7) is 1.91. The van der Waals surface area contributed by atoms with Gasteiger partial charge in [0.1, 0.15) is 11.6 Å². The van der Waals surface area contributed by atoms with Gasteiger partial charge in [-0.1, -0.05) is 23.2 Å². The Hall–Kier alpha value is -1.32. The smallest absolute Gasteiger partial charge is 0.134 e. The molecule has 0 unspecified atom stereocenters. The summed E-state index contributed by atoms with van der Waals surface area (Å²) in [5, 5.41) is 1.19. The summed E-state index contributed by atoms with van der Waals surface area (Å²) < 4.78 is 0. The van der Waals surface area contributed by atoms with Gasteiger partial charge in [-0.05, 0) is 38.0 Å². The second-order valence-electron chi connectivity index (χ2n) is 4.84. The third-order valence-corrected chi connectivity index (χ3v) is 3.88. The number of aromatic nitrogens is 2. The number of nitrogens with zero attached hydrogens (tertiary/aromatic N) is 2. The van der Waals surface area contributed by atoms with E-state index in [0.717, 1.165) is 35.5 Å². The number of halogens is 2. The fraction of sp³-hybridized carbons (Fsp3) is 0.286. The highest BCUT2D eigenvalue weighted by atomic mass is 35.5. The molecule has 0 aliphatic heterocycles. The minimum atomic E-state index is 0.452. The highest BCUT2D eigenvalue weighted by molar-refractivity contribution is 6.36. The van der Waals surface area contributed by atoms with Gasteiger partial charge >= 0.3 is 0 Å². The average molecular weight is 294 g/mol. The van der Waals surface area contributed by atoms with E-state index in [2.05, 4.69) is 9.97 Å². The van der Waals surface area contributed by atoms with Gasteiger partial charge in [0, 0.05) is 22.1 Å². The summed E-state index contributed by atoms with van der Waals surface area (Å²) in [5.74, 6) is 1.80. The predicted octanol–water partition coefficient (Wildman–Crippen LogP) is 4.22.